The summed E-state index contributed by atoms with van der Waals surface area (Å²) in [5.41, 5.74) is 0.789. The maximum Gasteiger partial charge on any atom is 0.242 e. The Morgan fingerprint density at radius 1 is 1.50 bits per heavy atom. The standard InChI is InChI=1S/C12H17BrN2O2S/c1-3-9(2)15-7-6-14-18(16,17)12-8-10(13)4-5-11(12)15/h4-5,8-9,14H,3,6-7H2,1-2H3. The topological polar surface area (TPSA) is 49.4 Å². The molecule has 1 aromatic rings. The molecule has 1 heterocycles. The molecule has 0 amide bonds. The summed E-state index contributed by atoms with van der Waals surface area (Å²) < 4.78 is 27.7. The minimum Gasteiger partial charge on any atom is -0.366 e. The Bertz CT molecular complexity index is 545. The van der Waals surface area contributed by atoms with Crippen molar-refractivity contribution in [2.45, 2.75) is 31.2 Å². The summed E-state index contributed by atoms with van der Waals surface area (Å²) in [5, 5.41) is 0. The van der Waals surface area contributed by atoms with Gasteiger partial charge in [0.25, 0.3) is 0 Å². The molecule has 0 aromatic heterocycles. The molecule has 100 valence electrons. The number of benzene rings is 1. The lowest BCUT2D eigenvalue weighted by molar-refractivity contribution is 0.582. The normalized spacial score (nSPS) is 20.1. The first-order chi connectivity index (χ1) is 8.45. The van der Waals surface area contributed by atoms with Crippen molar-refractivity contribution in [3.05, 3.63) is 22.7 Å². The fourth-order valence-corrected chi connectivity index (χ4v) is 3.89. The highest BCUT2D eigenvalue weighted by molar-refractivity contribution is 9.10. The quantitative estimate of drug-likeness (QED) is 0.904. The van der Waals surface area contributed by atoms with E-state index in [0.717, 1.165) is 16.6 Å². The summed E-state index contributed by atoms with van der Waals surface area (Å²) in [6, 6.07) is 5.74. The van der Waals surface area contributed by atoms with Crippen LogP contribution >= 0.6 is 15.9 Å². The maximum absolute atomic E-state index is 12.1. The van der Waals surface area contributed by atoms with E-state index in [-0.39, 0.29) is 0 Å². The van der Waals surface area contributed by atoms with Gasteiger partial charge in [-0.1, -0.05) is 22.9 Å². The molecular formula is C12H17BrN2O2S. The van der Waals surface area contributed by atoms with Gasteiger partial charge >= 0.3 is 0 Å². The first kappa shape index (κ1) is 13.8. The van der Waals surface area contributed by atoms with E-state index in [1.807, 2.05) is 12.1 Å². The molecule has 1 aliphatic rings. The van der Waals surface area contributed by atoms with Crippen LogP contribution in [0.15, 0.2) is 27.6 Å². The van der Waals surface area contributed by atoms with Crippen LogP contribution in [0.1, 0.15) is 20.3 Å². The van der Waals surface area contributed by atoms with E-state index in [2.05, 4.69) is 39.4 Å². The fraction of sp³-hybridized carbons (Fsp3) is 0.500. The number of fused-ring (bicyclic) bond motifs is 1. The van der Waals surface area contributed by atoms with E-state index in [4.69, 9.17) is 0 Å². The molecule has 1 aliphatic heterocycles. The van der Waals surface area contributed by atoms with E-state index in [1.54, 1.807) is 6.07 Å². The van der Waals surface area contributed by atoms with Crippen LogP contribution in [0.2, 0.25) is 0 Å². The van der Waals surface area contributed by atoms with Crippen LogP contribution in [-0.4, -0.2) is 27.5 Å². The van der Waals surface area contributed by atoms with Gasteiger partial charge in [0.15, 0.2) is 0 Å². The SMILES string of the molecule is CCC(C)N1CCNS(=O)(=O)c2cc(Br)ccc21. The molecule has 1 atom stereocenters. The lowest BCUT2D eigenvalue weighted by Crippen LogP contribution is -2.36. The molecule has 0 spiro atoms. The van der Waals surface area contributed by atoms with Gasteiger partial charge in [-0.05, 0) is 31.5 Å². The zero-order valence-corrected chi connectivity index (χ0v) is 12.9. The van der Waals surface area contributed by atoms with Gasteiger partial charge in [-0.3, -0.25) is 0 Å². The van der Waals surface area contributed by atoms with Crippen LogP contribution in [0.3, 0.4) is 0 Å². The Hall–Kier alpha value is -0.590. The van der Waals surface area contributed by atoms with Gasteiger partial charge in [0, 0.05) is 23.6 Å². The highest BCUT2D eigenvalue weighted by atomic mass is 79.9. The zero-order chi connectivity index (χ0) is 13.3. The van der Waals surface area contributed by atoms with Gasteiger partial charge in [-0.2, -0.15) is 0 Å². The summed E-state index contributed by atoms with van der Waals surface area (Å²) in [4.78, 5) is 2.51. The van der Waals surface area contributed by atoms with Crippen LogP contribution < -0.4 is 9.62 Å². The maximum atomic E-state index is 12.1. The van der Waals surface area contributed by atoms with Crippen molar-refractivity contribution in [1.29, 1.82) is 0 Å². The van der Waals surface area contributed by atoms with E-state index in [9.17, 15) is 8.42 Å². The summed E-state index contributed by atoms with van der Waals surface area (Å²) in [6.45, 7) is 5.36. The summed E-state index contributed by atoms with van der Waals surface area (Å²) in [6.07, 6.45) is 0.982. The fourth-order valence-electron chi connectivity index (χ4n) is 2.12. The third kappa shape index (κ3) is 2.55. The molecule has 0 saturated carbocycles. The molecule has 2 rings (SSSR count). The molecule has 0 bridgehead atoms. The Balaban J connectivity index is 2.59. The van der Waals surface area contributed by atoms with Gasteiger partial charge < -0.3 is 4.90 Å². The van der Waals surface area contributed by atoms with Gasteiger partial charge in [-0.15, -0.1) is 0 Å². The number of halogens is 1. The largest absolute Gasteiger partial charge is 0.366 e. The van der Waals surface area contributed by atoms with Crippen molar-refractivity contribution in [3.63, 3.8) is 0 Å². The molecule has 6 heteroatoms. The first-order valence-corrected chi connectivity index (χ1v) is 8.29. The Kier molecular flexibility index (Phi) is 3.99. The van der Waals surface area contributed by atoms with E-state index >= 15 is 0 Å². The van der Waals surface area contributed by atoms with Crippen molar-refractivity contribution >= 4 is 31.6 Å². The van der Waals surface area contributed by atoms with Gasteiger partial charge in [0.1, 0.15) is 4.90 Å². The molecule has 0 aliphatic carbocycles. The molecule has 0 radical (unpaired) electrons. The molecule has 1 N–H and O–H groups in total. The molecule has 1 aromatic carbocycles. The monoisotopic (exact) mass is 332 g/mol. The lowest BCUT2D eigenvalue weighted by atomic mass is 10.2. The highest BCUT2D eigenvalue weighted by Crippen LogP contribution is 2.31. The highest BCUT2D eigenvalue weighted by Gasteiger charge is 2.27. The Morgan fingerprint density at radius 2 is 2.22 bits per heavy atom. The van der Waals surface area contributed by atoms with Gasteiger partial charge in [0.05, 0.1) is 5.69 Å². The zero-order valence-electron chi connectivity index (χ0n) is 10.5. The average molecular weight is 333 g/mol. The molecular weight excluding hydrogens is 316 g/mol. The Morgan fingerprint density at radius 3 is 2.89 bits per heavy atom. The number of nitrogens with one attached hydrogen (secondary N) is 1. The summed E-state index contributed by atoms with van der Waals surface area (Å²) in [5.74, 6) is 0. The number of hydrogen-bond acceptors (Lipinski definition) is 3. The van der Waals surface area contributed by atoms with Crippen LogP contribution in [0, 0.1) is 0 Å². The first-order valence-electron chi connectivity index (χ1n) is 6.01. The summed E-state index contributed by atoms with van der Waals surface area (Å²) >= 11 is 3.33. The smallest absolute Gasteiger partial charge is 0.242 e. The van der Waals surface area contributed by atoms with Crippen molar-refractivity contribution < 1.29 is 8.42 Å². The number of sulfonamides is 1. The number of rotatable bonds is 2. The predicted octanol–water partition coefficient (Wildman–Crippen LogP) is 2.35. The number of nitrogens with zero attached hydrogens (tertiary/aromatic N) is 1. The second-order valence-corrected chi connectivity index (χ2v) is 7.11. The molecule has 0 fully saturated rings. The second-order valence-electron chi connectivity index (χ2n) is 4.46. The van der Waals surface area contributed by atoms with E-state index in [1.165, 1.54) is 0 Å². The predicted molar refractivity (Wildman–Crippen MR) is 76.4 cm³/mol. The number of anilines is 1. The van der Waals surface area contributed by atoms with E-state index in [0.29, 0.717) is 24.0 Å². The second kappa shape index (κ2) is 5.19. The van der Waals surface area contributed by atoms with E-state index < -0.39 is 10.0 Å². The Labute approximate surface area is 117 Å². The van der Waals surface area contributed by atoms with Crippen LogP contribution in [0.25, 0.3) is 0 Å². The van der Waals surface area contributed by atoms with Crippen LogP contribution in [0.4, 0.5) is 5.69 Å². The molecule has 18 heavy (non-hydrogen) atoms. The van der Waals surface area contributed by atoms with Crippen molar-refractivity contribution in [3.8, 4) is 0 Å². The van der Waals surface area contributed by atoms with Crippen LogP contribution in [0.5, 0.6) is 0 Å². The number of hydrogen-bond donors (Lipinski definition) is 1. The third-order valence-electron chi connectivity index (χ3n) is 3.29. The molecule has 1 unspecified atom stereocenters. The summed E-state index contributed by atoms with van der Waals surface area (Å²) in [7, 11) is -3.40. The van der Waals surface area contributed by atoms with Crippen molar-refractivity contribution in [2.24, 2.45) is 0 Å². The average Bonchev–Trinajstić information content (AvgIpc) is 2.46. The van der Waals surface area contributed by atoms with Gasteiger partial charge in [-0.25, -0.2) is 13.1 Å². The third-order valence-corrected chi connectivity index (χ3v) is 5.27. The molecule has 0 saturated heterocycles. The van der Waals surface area contributed by atoms with Crippen molar-refractivity contribution in [2.75, 3.05) is 18.0 Å². The molecule has 4 nitrogen and oxygen atoms in total. The van der Waals surface area contributed by atoms with Crippen molar-refractivity contribution in [1.82, 2.24) is 4.72 Å². The minimum atomic E-state index is -3.40. The minimum absolute atomic E-state index is 0.319. The lowest BCUT2D eigenvalue weighted by Gasteiger charge is -2.30. The van der Waals surface area contributed by atoms with Crippen LogP contribution in [-0.2, 0) is 10.0 Å². The van der Waals surface area contributed by atoms with Gasteiger partial charge in [0.2, 0.25) is 10.0 Å².